The maximum Gasteiger partial charge on any atom is 0.277 e. The van der Waals surface area contributed by atoms with Crippen LogP contribution in [0.2, 0.25) is 0 Å². The molecule has 3 heterocycles. The van der Waals surface area contributed by atoms with Crippen LogP contribution in [0.15, 0.2) is 35.5 Å². The summed E-state index contributed by atoms with van der Waals surface area (Å²) >= 11 is 1.42. The summed E-state index contributed by atoms with van der Waals surface area (Å²) in [5, 5.41) is 2.82. The predicted octanol–water partition coefficient (Wildman–Crippen LogP) is 3.04. The molecule has 1 saturated heterocycles. The Labute approximate surface area is 168 Å². The molecule has 6 nitrogen and oxygen atoms in total. The molecule has 0 bridgehead atoms. The van der Waals surface area contributed by atoms with Crippen molar-refractivity contribution >= 4 is 28.5 Å². The Kier molecular flexibility index (Phi) is 5.22. The number of carbonyl (C=O) groups excluding carboxylic acids is 1. The van der Waals surface area contributed by atoms with E-state index in [2.05, 4.69) is 15.3 Å². The highest BCUT2D eigenvalue weighted by Gasteiger charge is 2.47. The molecule has 4 rings (SSSR count). The van der Waals surface area contributed by atoms with E-state index in [4.69, 9.17) is 10.5 Å². The van der Waals surface area contributed by atoms with Crippen molar-refractivity contribution in [2.24, 2.45) is 16.6 Å². The zero-order chi connectivity index (χ0) is 20.6. The van der Waals surface area contributed by atoms with Crippen LogP contribution in [0.1, 0.15) is 22.5 Å². The van der Waals surface area contributed by atoms with Gasteiger partial charge < -0.3 is 15.8 Å². The van der Waals surface area contributed by atoms with Gasteiger partial charge in [-0.1, -0.05) is 11.8 Å². The first-order valence-electron chi connectivity index (χ1n) is 8.87. The maximum absolute atomic E-state index is 14.8. The van der Waals surface area contributed by atoms with Gasteiger partial charge in [0.05, 0.1) is 12.8 Å². The molecule has 2 atom stereocenters. The molecule has 3 N–H and O–H groups in total. The quantitative estimate of drug-likeness (QED) is 0.794. The summed E-state index contributed by atoms with van der Waals surface area (Å²) < 4.78 is 47.3. The highest BCUT2D eigenvalue weighted by atomic mass is 32.2. The fraction of sp³-hybridized carbons (Fsp3) is 0.316. The summed E-state index contributed by atoms with van der Waals surface area (Å²) in [4.78, 5) is 20.4. The molecule has 1 amide bonds. The second-order valence-electron chi connectivity index (χ2n) is 6.86. The molecule has 0 unspecified atom stereocenters. The molecule has 1 aromatic carbocycles. The van der Waals surface area contributed by atoms with Crippen molar-refractivity contribution in [1.29, 1.82) is 0 Å². The van der Waals surface area contributed by atoms with Gasteiger partial charge in [0.1, 0.15) is 17.2 Å². The van der Waals surface area contributed by atoms with Gasteiger partial charge in [0.25, 0.3) is 5.91 Å². The third kappa shape index (κ3) is 3.69. The van der Waals surface area contributed by atoms with Gasteiger partial charge in [0.15, 0.2) is 16.7 Å². The number of amidine groups is 1. The lowest BCUT2D eigenvalue weighted by molar-refractivity contribution is 0.00304. The fourth-order valence-electron chi connectivity index (χ4n) is 3.63. The second kappa shape index (κ2) is 7.68. The maximum atomic E-state index is 14.8. The van der Waals surface area contributed by atoms with Gasteiger partial charge in [0.2, 0.25) is 0 Å². The number of nitrogens with one attached hydrogen (secondary N) is 1. The van der Waals surface area contributed by atoms with E-state index >= 15 is 0 Å². The number of aromatic nitrogens is 1. The molecule has 2 aromatic rings. The van der Waals surface area contributed by atoms with Crippen LogP contribution in [-0.2, 0) is 10.3 Å². The number of anilines is 1. The molecule has 0 saturated carbocycles. The van der Waals surface area contributed by atoms with Crippen LogP contribution in [0.3, 0.4) is 0 Å². The average Bonchev–Trinajstić information content (AvgIpc) is 2.69. The number of amides is 1. The van der Waals surface area contributed by atoms with Gasteiger partial charge in [-0.05, 0) is 24.6 Å². The molecule has 152 valence electrons. The summed E-state index contributed by atoms with van der Waals surface area (Å²) in [6, 6.07) is 4.56. The van der Waals surface area contributed by atoms with E-state index in [-0.39, 0.29) is 23.8 Å². The highest BCUT2D eigenvalue weighted by molar-refractivity contribution is 8.13. The van der Waals surface area contributed by atoms with Gasteiger partial charge in [-0.3, -0.25) is 4.79 Å². The summed E-state index contributed by atoms with van der Waals surface area (Å²) in [6.07, 6.45) is 1.44. The van der Waals surface area contributed by atoms with E-state index in [1.54, 1.807) is 0 Å². The summed E-state index contributed by atoms with van der Waals surface area (Å²) in [5.41, 5.74) is 4.84. The molecule has 0 aliphatic carbocycles. The van der Waals surface area contributed by atoms with Crippen molar-refractivity contribution in [3.05, 3.63) is 59.2 Å². The highest BCUT2D eigenvalue weighted by Crippen LogP contribution is 2.45. The molecule has 1 fully saturated rings. The summed E-state index contributed by atoms with van der Waals surface area (Å²) in [6.45, 7) is 0.720. The Balaban J connectivity index is 1.69. The van der Waals surface area contributed by atoms with Gasteiger partial charge >= 0.3 is 0 Å². The van der Waals surface area contributed by atoms with Crippen LogP contribution in [0.25, 0.3) is 0 Å². The topological polar surface area (TPSA) is 89.6 Å². The van der Waals surface area contributed by atoms with E-state index in [1.807, 2.05) is 0 Å². The van der Waals surface area contributed by atoms with Crippen LogP contribution in [0.4, 0.5) is 18.9 Å². The normalized spacial score (nSPS) is 23.8. The number of fused-ring (bicyclic) bond motifs is 1. The average molecular weight is 422 g/mol. The first-order valence-corrected chi connectivity index (χ1v) is 9.86. The Bertz CT molecular complexity index is 1000. The standard InChI is InChI=1S/C19H17F3N4O2S/c20-11-5-15(22)16(24-7-11)17(27)25-12-1-2-14(21)13(6-12)19-9-28-4-3-10(19)8-29-18(23)26-19/h1-2,5-7,10H,3-4,8-9H2,(H2,23,26)(H,25,27)/t10-,19-/m0/s1. The molecular weight excluding hydrogens is 405 g/mol. The number of hydrogen-bond acceptors (Lipinski definition) is 6. The van der Waals surface area contributed by atoms with E-state index < -0.39 is 34.6 Å². The van der Waals surface area contributed by atoms with Gasteiger partial charge in [0, 0.05) is 35.6 Å². The predicted molar refractivity (Wildman–Crippen MR) is 103 cm³/mol. The molecule has 29 heavy (non-hydrogen) atoms. The molecule has 10 heteroatoms. The van der Waals surface area contributed by atoms with Crippen molar-refractivity contribution in [2.75, 3.05) is 24.3 Å². The SMILES string of the molecule is NC1=N[C@@]2(c3cc(NC(=O)c4ncc(F)cc4F)ccc3F)COCC[C@H]2CS1. The number of pyridine rings is 1. The minimum absolute atomic E-state index is 0.0187. The Morgan fingerprint density at radius 1 is 1.28 bits per heavy atom. The summed E-state index contributed by atoms with van der Waals surface area (Å²) in [5.74, 6) is -2.67. The van der Waals surface area contributed by atoms with Crippen molar-refractivity contribution in [3.8, 4) is 0 Å². The van der Waals surface area contributed by atoms with E-state index in [0.717, 1.165) is 6.20 Å². The van der Waals surface area contributed by atoms with Crippen LogP contribution in [0, 0.1) is 23.4 Å². The lowest BCUT2D eigenvalue weighted by atomic mass is 9.76. The zero-order valence-electron chi connectivity index (χ0n) is 15.1. The fourth-order valence-corrected chi connectivity index (χ4v) is 4.68. The minimum Gasteiger partial charge on any atom is -0.379 e. The molecule has 2 aliphatic heterocycles. The van der Waals surface area contributed by atoms with Gasteiger partial charge in [-0.2, -0.15) is 0 Å². The first-order chi connectivity index (χ1) is 13.9. The number of nitrogens with two attached hydrogens (primary N) is 1. The van der Waals surface area contributed by atoms with Crippen LogP contribution >= 0.6 is 11.8 Å². The van der Waals surface area contributed by atoms with Crippen LogP contribution in [0.5, 0.6) is 0 Å². The van der Waals surface area contributed by atoms with Crippen LogP contribution < -0.4 is 11.1 Å². The zero-order valence-corrected chi connectivity index (χ0v) is 15.9. The lowest BCUT2D eigenvalue weighted by Gasteiger charge is -2.43. The molecular formula is C19H17F3N4O2S. The number of hydrogen-bond donors (Lipinski definition) is 2. The third-order valence-corrected chi connectivity index (χ3v) is 6.02. The van der Waals surface area contributed by atoms with Crippen LogP contribution in [-0.4, -0.2) is 35.0 Å². The molecule has 1 aromatic heterocycles. The Morgan fingerprint density at radius 3 is 2.90 bits per heavy atom. The number of carbonyl (C=O) groups is 1. The van der Waals surface area contributed by atoms with Crippen molar-refractivity contribution < 1.29 is 22.7 Å². The second-order valence-corrected chi connectivity index (χ2v) is 7.90. The number of benzene rings is 1. The van der Waals surface area contributed by atoms with Crippen molar-refractivity contribution in [2.45, 2.75) is 12.0 Å². The number of thioether (sulfide) groups is 1. The lowest BCUT2D eigenvalue weighted by Crippen LogP contribution is -2.48. The number of nitrogens with zero attached hydrogens (tertiary/aromatic N) is 2. The first kappa shape index (κ1) is 19.7. The van der Waals surface area contributed by atoms with E-state index in [9.17, 15) is 18.0 Å². The largest absolute Gasteiger partial charge is 0.379 e. The number of halogens is 3. The van der Waals surface area contributed by atoms with Crippen molar-refractivity contribution in [1.82, 2.24) is 4.98 Å². The smallest absolute Gasteiger partial charge is 0.277 e. The monoisotopic (exact) mass is 422 g/mol. The van der Waals surface area contributed by atoms with E-state index in [0.29, 0.717) is 30.0 Å². The van der Waals surface area contributed by atoms with E-state index in [1.165, 1.54) is 30.0 Å². The molecule has 0 spiro atoms. The number of rotatable bonds is 3. The Morgan fingerprint density at radius 2 is 2.10 bits per heavy atom. The van der Waals surface area contributed by atoms with Gasteiger partial charge in [-0.25, -0.2) is 23.1 Å². The number of aliphatic imine (C=N–C) groups is 1. The summed E-state index contributed by atoms with van der Waals surface area (Å²) in [7, 11) is 0. The van der Waals surface area contributed by atoms with Crippen molar-refractivity contribution in [3.63, 3.8) is 0 Å². The molecule has 0 radical (unpaired) electrons. The third-order valence-electron chi connectivity index (χ3n) is 5.06. The molecule has 2 aliphatic rings. The Hall–Kier alpha value is -2.59. The minimum atomic E-state index is -1.09. The number of ether oxygens (including phenoxy) is 1. The van der Waals surface area contributed by atoms with Gasteiger partial charge in [-0.15, -0.1) is 0 Å².